The first-order valence-corrected chi connectivity index (χ1v) is 12.5. The van der Waals surface area contributed by atoms with Crippen LogP contribution in [0.15, 0.2) is 47.4 Å². The number of hydrogen-bond donors (Lipinski definition) is 1. The van der Waals surface area contributed by atoms with Crippen LogP contribution in [0.25, 0.3) is 0 Å². The fraction of sp³-hybridized carbons (Fsp3) is 0.458. The maximum absolute atomic E-state index is 13.3. The number of ether oxygens (including phenoxy) is 1. The van der Waals surface area contributed by atoms with Crippen molar-refractivity contribution in [3.8, 4) is 5.75 Å². The van der Waals surface area contributed by atoms with Crippen LogP contribution in [-0.4, -0.2) is 26.5 Å². The van der Waals surface area contributed by atoms with Gasteiger partial charge in [0.1, 0.15) is 11.4 Å². The monoisotopic (exact) mass is 442 g/mol. The predicted molar refractivity (Wildman–Crippen MR) is 121 cm³/mol. The fourth-order valence-electron chi connectivity index (χ4n) is 4.66. The van der Waals surface area contributed by atoms with Gasteiger partial charge in [-0.3, -0.25) is 4.79 Å². The third-order valence-corrected chi connectivity index (χ3v) is 8.10. The van der Waals surface area contributed by atoms with Crippen molar-refractivity contribution < 1.29 is 17.9 Å². The smallest absolute Gasteiger partial charge is 0.241 e. The highest BCUT2D eigenvalue weighted by Crippen LogP contribution is 2.43. The second kappa shape index (κ2) is 8.28. The number of benzene rings is 2. The highest BCUT2D eigenvalue weighted by Gasteiger charge is 2.40. The topological polar surface area (TPSA) is 75.7 Å². The van der Waals surface area contributed by atoms with Crippen LogP contribution in [0.5, 0.6) is 5.75 Å². The van der Waals surface area contributed by atoms with Gasteiger partial charge >= 0.3 is 0 Å². The lowest BCUT2D eigenvalue weighted by Gasteiger charge is -2.41. The molecule has 2 aliphatic rings. The summed E-state index contributed by atoms with van der Waals surface area (Å²) in [7, 11) is -3.75. The van der Waals surface area contributed by atoms with Crippen LogP contribution < -0.4 is 14.4 Å². The molecule has 2 aromatic rings. The van der Waals surface area contributed by atoms with E-state index in [-0.39, 0.29) is 16.8 Å². The average Bonchev–Trinajstić information content (AvgIpc) is 3.18. The van der Waals surface area contributed by atoms with Crippen LogP contribution in [0.4, 0.5) is 5.69 Å². The molecule has 1 atom stereocenters. The van der Waals surface area contributed by atoms with Crippen LogP contribution in [0, 0.1) is 6.92 Å². The van der Waals surface area contributed by atoms with E-state index in [9.17, 15) is 13.2 Å². The molecule has 0 saturated carbocycles. The van der Waals surface area contributed by atoms with Crippen molar-refractivity contribution in [1.82, 2.24) is 4.72 Å². The number of sulfonamides is 1. The molecule has 0 spiro atoms. The van der Waals surface area contributed by atoms with Crippen molar-refractivity contribution in [3.05, 3.63) is 53.6 Å². The van der Waals surface area contributed by atoms with E-state index in [4.69, 9.17) is 4.74 Å². The maximum atomic E-state index is 13.3. The van der Waals surface area contributed by atoms with Crippen molar-refractivity contribution in [1.29, 1.82) is 0 Å². The summed E-state index contributed by atoms with van der Waals surface area (Å²) in [4.78, 5) is 14.0. The van der Waals surface area contributed by atoms with Gasteiger partial charge in [0, 0.05) is 30.6 Å². The highest BCUT2D eigenvalue weighted by atomic mass is 32.2. The minimum absolute atomic E-state index is 0.0890. The Balaban J connectivity index is 1.64. The lowest BCUT2D eigenvalue weighted by molar-refractivity contribution is -0.117. The lowest BCUT2D eigenvalue weighted by Crippen LogP contribution is -2.44. The molecule has 166 valence electrons. The number of carbonyl (C=O) groups is 1. The Kier molecular flexibility index (Phi) is 5.83. The summed E-state index contributed by atoms with van der Waals surface area (Å²) in [5.41, 5.74) is 2.03. The number of fused-ring (bicyclic) bond motifs is 1. The number of anilines is 1. The van der Waals surface area contributed by atoms with E-state index in [1.165, 1.54) is 0 Å². The summed E-state index contributed by atoms with van der Waals surface area (Å²) in [5, 5.41) is 0. The first-order valence-electron chi connectivity index (χ1n) is 11.0. The highest BCUT2D eigenvalue weighted by molar-refractivity contribution is 7.89. The largest absolute Gasteiger partial charge is 0.487 e. The summed E-state index contributed by atoms with van der Waals surface area (Å²) in [6, 6.07) is 12.3. The molecule has 1 fully saturated rings. The summed E-state index contributed by atoms with van der Waals surface area (Å²) in [6.45, 7) is 6.68. The maximum Gasteiger partial charge on any atom is 0.241 e. The number of nitrogens with one attached hydrogen (secondary N) is 1. The van der Waals surface area contributed by atoms with Crippen molar-refractivity contribution in [2.75, 3.05) is 11.4 Å². The molecule has 1 amide bonds. The Morgan fingerprint density at radius 2 is 1.90 bits per heavy atom. The van der Waals surface area contributed by atoms with E-state index in [1.54, 1.807) is 23.1 Å². The van der Waals surface area contributed by atoms with Gasteiger partial charge in [0.05, 0.1) is 10.9 Å². The molecular formula is C24H30N2O4S. The Labute approximate surface area is 184 Å². The molecule has 0 bridgehead atoms. The number of rotatable bonds is 6. The van der Waals surface area contributed by atoms with Crippen LogP contribution in [0.1, 0.15) is 63.1 Å². The quantitative estimate of drug-likeness (QED) is 0.716. The standard InChI is InChI=1S/C24H30N2O4S/c1-4-24(5-2)16-20(19-9-6-7-10-22(19)30-24)25-31(28,29)18-12-13-21(17(3)15-18)26-14-8-11-23(26)27/h6-7,9-10,12-13,15,20,25H,4-5,8,11,14,16H2,1-3H3. The second-order valence-corrected chi connectivity index (χ2v) is 10.2. The molecule has 31 heavy (non-hydrogen) atoms. The SMILES string of the molecule is CCC1(CC)CC(NS(=O)(=O)c2ccc(N3CCCC3=O)c(C)c2)c2ccccc2O1. The van der Waals surface area contributed by atoms with Gasteiger partial charge in [-0.2, -0.15) is 0 Å². The van der Waals surface area contributed by atoms with Gasteiger partial charge in [0.25, 0.3) is 0 Å². The van der Waals surface area contributed by atoms with E-state index < -0.39 is 15.6 Å². The van der Waals surface area contributed by atoms with E-state index in [1.807, 2.05) is 31.2 Å². The summed E-state index contributed by atoms with van der Waals surface area (Å²) < 4.78 is 35.9. The number of amides is 1. The van der Waals surface area contributed by atoms with E-state index >= 15 is 0 Å². The molecule has 4 rings (SSSR count). The minimum atomic E-state index is -3.75. The third-order valence-electron chi connectivity index (χ3n) is 6.63. The third kappa shape index (κ3) is 4.08. The van der Waals surface area contributed by atoms with Gasteiger partial charge in [-0.1, -0.05) is 32.0 Å². The minimum Gasteiger partial charge on any atom is -0.487 e. The zero-order chi connectivity index (χ0) is 22.2. The summed E-state index contributed by atoms with van der Waals surface area (Å²) in [5.74, 6) is 0.829. The molecule has 0 aromatic heterocycles. The molecule has 6 nitrogen and oxygen atoms in total. The first kappa shape index (κ1) is 21.8. The molecule has 7 heteroatoms. The molecule has 1 N–H and O–H groups in total. The molecule has 1 saturated heterocycles. The first-order chi connectivity index (χ1) is 14.8. The van der Waals surface area contributed by atoms with Crippen LogP contribution in [0.2, 0.25) is 0 Å². The Hall–Kier alpha value is -2.38. The summed E-state index contributed by atoms with van der Waals surface area (Å²) in [6.07, 6.45) is 3.55. The Morgan fingerprint density at radius 3 is 2.55 bits per heavy atom. The van der Waals surface area contributed by atoms with Gasteiger partial charge in [-0.05, 0) is 56.0 Å². The number of para-hydroxylation sites is 1. The molecule has 2 aromatic carbocycles. The Bertz CT molecular complexity index is 1090. The Morgan fingerprint density at radius 1 is 1.16 bits per heavy atom. The lowest BCUT2D eigenvalue weighted by atomic mass is 9.84. The zero-order valence-corrected chi connectivity index (χ0v) is 19.2. The summed E-state index contributed by atoms with van der Waals surface area (Å²) >= 11 is 0. The molecule has 2 heterocycles. The predicted octanol–water partition coefficient (Wildman–Crippen LogP) is 4.48. The fourth-order valence-corrected chi connectivity index (χ4v) is 5.96. The van der Waals surface area contributed by atoms with Crippen molar-refractivity contribution in [2.24, 2.45) is 0 Å². The van der Waals surface area contributed by atoms with Gasteiger partial charge in [0.15, 0.2) is 0 Å². The molecule has 1 unspecified atom stereocenters. The number of hydrogen-bond acceptors (Lipinski definition) is 4. The van der Waals surface area contributed by atoms with Gasteiger partial charge < -0.3 is 9.64 Å². The van der Waals surface area contributed by atoms with Crippen LogP contribution >= 0.6 is 0 Å². The van der Waals surface area contributed by atoms with E-state index in [0.29, 0.717) is 19.4 Å². The van der Waals surface area contributed by atoms with Crippen LogP contribution in [0.3, 0.4) is 0 Å². The van der Waals surface area contributed by atoms with Gasteiger partial charge in [-0.25, -0.2) is 13.1 Å². The van der Waals surface area contributed by atoms with Crippen molar-refractivity contribution in [2.45, 2.75) is 69.4 Å². The molecular weight excluding hydrogens is 412 g/mol. The molecule has 0 radical (unpaired) electrons. The van der Waals surface area contributed by atoms with Gasteiger partial charge in [-0.15, -0.1) is 0 Å². The van der Waals surface area contributed by atoms with Gasteiger partial charge in [0.2, 0.25) is 15.9 Å². The average molecular weight is 443 g/mol. The molecule has 0 aliphatic carbocycles. The van der Waals surface area contributed by atoms with Crippen molar-refractivity contribution >= 4 is 21.6 Å². The van der Waals surface area contributed by atoms with E-state index in [0.717, 1.165) is 41.8 Å². The normalized spacial score (nSPS) is 20.4. The number of carbonyl (C=O) groups excluding carboxylic acids is 1. The molecule has 2 aliphatic heterocycles. The van der Waals surface area contributed by atoms with Crippen LogP contribution in [-0.2, 0) is 14.8 Å². The number of nitrogens with zero attached hydrogens (tertiary/aromatic N) is 1. The second-order valence-electron chi connectivity index (χ2n) is 8.51. The number of aryl methyl sites for hydroxylation is 1. The van der Waals surface area contributed by atoms with Crippen molar-refractivity contribution in [3.63, 3.8) is 0 Å². The zero-order valence-electron chi connectivity index (χ0n) is 18.3. The van der Waals surface area contributed by atoms with E-state index in [2.05, 4.69) is 18.6 Å².